The van der Waals surface area contributed by atoms with Crippen LogP contribution >= 0.6 is 23.1 Å². The molecule has 0 saturated heterocycles. The van der Waals surface area contributed by atoms with Crippen LogP contribution in [-0.4, -0.2) is 25.8 Å². The summed E-state index contributed by atoms with van der Waals surface area (Å²) in [5.74, 6) is 0.531. The maximum absolute atomic E-state index is 13.0. The van der Waals surface area contributed by atoms with Gasteiger partial charge in [0, 0.05) is 23.7 Å². The molecule has 9 heteroatoms. The topological polar surface area (TPSA) is 92.7 Å². The third kappa shape index (κ3) is 3.69. The van der Waals surface area contributed by atoms with Gasteiger partial charge >= 0.3 is 0 Å². The summed E-state index contributed by atoms with van der Waals surface area (Å²) >= 11 is 2.87. The highest BCUT2D eigenvalue weighted by atomic mass is 32.2. The van der Waals surface area contributed by atoms with Crippen LogP contribution in [-0.2, 0) is 24.7 Å². The average molecular weight is 482 g/mol. The summed E-state index contributed by atoms with van der Waals surface area (Å²) in [4.78, 5) is 32.7. The molecule has 2 aliphatic rings. The molecule has 7 nitrogen and oxygen atoms in total. The van der Waals surface area contributed by atoms with Crippen molar-refractivity contribution in [1.29, 1.82) is 5.26 Å². The molecule has 3 aromatic heterocycles. The molecule has 0 radical (unpaired) electrons. The molecule has 0 spiro atoms. The highest BCUT2D eigenvalue weighted by molar-refractivity contribution is 7.99. The van der Waals surface area contributed by atoms with Crippen molar-refractivity contribution in [3.05, 3.63) is 37.6 Å². The minimum Gasteiger partial charge on any atom is -0.327 e. The van der Waals surface area contributed by atoms with Crippen molar-refractivity contribution >= 4 is 45.0 Å². The zero-order chi connectivity index (χ0) is 23.3. The van der Waals surface area contributed by atoms with Crippen LogP contribution in [0.25, 0.3) is 10.2 Å². The molecule has 0 aliphatic heterocycles. The van der Waals surface area contributed by atoms with E-state index in [4.69, 9.17) is 4.98 Å². The highest BCUT2D eigenvalue weighted by Gasteiger charge is 2.27. The summed E-state index contributed by atoms with van der Waals surface area (Å²) < 4.78 is 3.71. The number of carbonyl (C=O) groups is 1. The van der Waals surface area contributed by atoms with Gasteiger partial charge in [-0.25, -0.2) is 4.98 Å². The summed E-state index contributed by atoms with van der Waals surface area (Å²) in [6, 6.07) is 2.60. The van der Waals surface area contributed by atoms with Gasteiger partial charge < -0.3 is 9.88 Å². The molecule has 1 fully saturated rings. The molecular formula is C24H27N5O2S2. The molecule has 3 heterocycles. The predicted molar refractivity (Wildman–Crippen MR) is 132 cm³/mol. The Kier molecular flexibility index (Phi) is 5.83. The van der Waals surface area contributed by atoms with Gasteiger partial charge in [-0.05, 0) is 57.1 Å². The van der Waals surface area contributed by atoms with E-state index in [2.05, 4.69) is 16.0 Å². The van der Waals surface area contributed by atoms with E-state index in [9.17, 15) is 14.9 Å². The fourth-order valence-corrected chi connectivity index (χ4v) is 7.31. The SMILES string of the molecule is Cc1c(C#N)c(NC(=O)CSc2nc3sc4c(c3c(=O)n2C)CCC4)n(C2CCCC2)c1C. The number of hydrogen-bond donors (Lipinski definition) is 1. The number of aryl methyl sites for hydroxylation is 2. The molecule has 2 aliphatic carbocycles. The molecule has 33 heavy (non-hydrogen) atoms. The van der Waals surface area contributed by atoms with Crippen LogP contribution in [0.2, 0.25) is 0 Å². The quantitative estimate of drug-likeness (QED) is 0.424. The normalized spacial score (nSPS) is 15.8. The van der Waals surface area contributed by atoms with Crippen LogP contribution in [0, 0.1) is 25.2 Å². The molecular weight excluding hydrogens is 454 g/mol. The van der Waals surface area contributed by atoms with Gasteiger partial charge in [-0.3, -0.25) is 14.2 Å². The Morgan fingerprint density at radius 1 is 1.27 bits per heavy atom. The number of nitrogens with one attached hydrogen (secondary N) is 1. The second-order valence-electron chi connectivity index (χ2n) is 8.99. The van der Waals surface area contributed by atoms with E-state index in [1.165, 1.54) is 35.0 Å². The van der Waals surface area contributed by atoms with Gasteiger partial charge in [0.1, 0.15) is 16.7 Å². The summed E-state index contributed by atoms with van der Waals surface area (Å²) in [5, 5.41) is 14.1. The molecule has 0 atom stereocenters. The molecule has 1 amide bonds. The van der Waals surface area contributed by atoms with Crippen molar-refractivity contribution in [2.75, 3.05) is 11.1 Å². The second-order valence-corrected chi connectivity index (χ2v) is 11.0. The van der Waals surface area contributed by atoms with Gasteiger partial charge in [-0.15, -0.1) is 11.3 Å². The summed E-state index contributed by atoms with van der Waals surface area (Å²) in [7, 11) is 1.72. The van der Waals surface area contributed by atoms with Crippen LogP contribution in [0.3, 0.4) is 0 Å². The first-order chi connectivity index (χ1) is 15.9. The Morgan fingerprint density at radius 2 is 2.03 bits per heavy atom. The fourth-order valence-electron chi connectivity index (χ4n) is 5.24. The monoisotopic (exact) mass is 481 g/mol. The lowest BCUT2D eigenvalue weighted by Gasteiger charge is -2.19. The smallest absolute Gasteiger partial charge is 0.262 e. The first kappa shape index (κ1) is 22.2. The van der Waals surface area contributed by atoms with Gasteiger partial charge in [-0.1, -0.05) is 24.6 Å². The second kappa shape index (κ2) is 8.65. The predicted octanol–water partition coefficient (Wildman–Crippen LogP) is 4.62. The van der Waals surface area contributed by atoms with Crippen LogP contribution in [0.4, 0.5) is 5.82 Å². The van der Waals surface area contributed by atoms with E-state index >= 15 is 0 Å². The molecule has 0 bridgehead atoms. The van der Waals surface area contributed by atoms with Crippen LogP contribution < -0.4 is 10.9 Å². The number of nitriles is 1. The maximum Gasteiger partial charge on any atom is 0.262 e. The third-order valence-electron chi connectivity index (χ3n) is 7.05. The lowest BCUT2D eigenvalue weighted by Crippen LogP contribution is -2.22. The van der Waals surface area contributed by atoms with Crippen molar-refractivity contribution in [2.24, 2.45) is 7.05 Å². The van der Waals surface area contributed by atoms with Gasteiger partial charge in [0.05, 0.1) is 16.7 Å². The van der Waals surface area contributed by atoms with Crippen LogP contribution in [0.5, 0.6) is 0 Å². The zero-order valence-corrected chi connectivity index (χ0v) is 20.8. The van der Waals surface area contributed by atoms with E-state index in [1.54, 1.807) is 23.0 Å². The number of aromatic nitrogens is 3. The Bertz CT molecular complexity index is 1370. The molecule has 0 unspecified atom stereocenters. The fraction of sp³-hybridized carbons (Fsp3) is 0.500. The minimum absolute atomic E-state index is 0.0320. The standard InChI is InChI=1S/C24H27N5O2S2/c1-13-14(2)29(15-7-4-5-8-15)21(17(13)11-25)26-19(30)12-32-24-27-22-20(23(31)28(24)3)16-9-6-10-18(16)33-22/h15H,4-10,12H2,1-3H3,(H,26,30). The lowest BCUT2D eigenvalue weighted by atomic mass is 10.2. The largest absolute Gasteiger partial charge is 0.327 e. The van der Waals surface area contributed by atoms with E-state index in [0.29, 0.717) is 22.6 Å². The number of thioether (sulfide) groups is 1. The lowest BCUT2D eigenvalue weighted by molar-refractivity contribution is -0.113. The zero-order valence-electron chi connectivity index (χ0n) is 19.2. The number of fused-ring (bicyclic) bond motifs is 3. The van der Waals surface area contributed by atoms with Gasteiger partial charge in [-0.2, -0.15) is 5.26 Å². The molecule has 1 saturated carbocycles. The van der Waals surface area contributed by atoms with Crippen molar-refractivity contribution in [1.82, 2.24) is 14.1 Å². The number of anilines is 1. The Labute approximate surface area is 200 Å². The molecule has 0 aromatic carbocycles. The first-order valence-electron chi connectivity index (χ1n) is 11.5. The van der Waals surface area contributed by atoms with Crippen molar-refractivity contribution in [3.63, 3.8) is 0 Å². The van der Waals surface area contributed by atoms with Crippen LogP contribution in [0.1, 0.15) is 65.4 Å². The average Bonchev–Trinajstić information content (AvgIpc) is 3.56. The first-order valence-corrected chi connectivity index (χ1v) is 13.3. The Morgan fingerprint density at radius 3 is 2.76 bits per heavy atom. The van der Waals surface area contributed by atoms with Crippen molar-refractivity contribution in [2.45, 2.75) is 70.0 Å². The molecule has 172 valence electrons. The van der Waals surface area contributed by atoms with Crippen LogP contribution in [0.15, 0.2) is 9.95 Å². The van der Waals surface area contributed by atoms with Gasteiger partial charge in [0.2, 0.25) is 5.91 Å². The van der Waals surface area contributed by atoms with E-state index < -0.39 is 0 Å². The number of nitrogens with zero attached hydrogens (tertiary/aromatic N) is 4. The third-order valence-corrected chi connectivity index (χ3v) is 9.27. The summed E-state index contributed by atoms with van der Waals surface area (Å²) in [6.07, 6.45) is 7.53. The van der Waals surface area contributed by atoms with E-state index in [-0.39, 0.29) is 17.2 Å². The number of thiophene rings is 1. The number of amides is 1. The van der Waals surface area contributed by atoms with Gasteiger partial charge in [0.25, 0.3) is 5.56 Å². The van der Waals surface area contributed by atoms with Gasteiger partial charge in [0.15, 0.2) is 5.16 Å². The maximum atomic E-state index is 13.0. The Balaban J connectivity index is 1.38. The molecule has 1 N–H and O–H groups in total. The molecule has 5 rings (SSSR count). The van der Waals surface area contributed by atoms with Crippen molar-refractivity contribution < 1.29 is 4.79 Å². The molecule has 3 aromatic rings. The van der Waals surface area contributed by atoms with Crippen molar-refractivity contribution in [3.8, 4) is 6.07 Å². The number of rotatable bonds is 5. The number of carbonyl (C=O) groups excluding carboxylic acids is 1. The number of hydrogen-bond acceptors (Lipinski definition) is 6. The summed E-state index contributed by atoms with van der Waals surface area (Å²) in [6.45, 7) is 3.96. The summed E-state index contributed by atoms with van der Waals surface area (Å²) in [5.41, 5.74) is 3.64. The van der Waals surface area contributed by atoms with E-state index in [1.807, 2.05) is 13.8 Å². The Hall–Kier alpha value is -2.57. The van der Waals surface area contributed by atoms with E-state index in [0.717, 1.165) is 53.6 Å². The minimum atomic E-state index is -0.198. The highest BCUT2D eigenvalue weighted by Crippen LogP contribution is 2.38.